The molecule has 1 aromatic heterocycles. The van der Waals surface area contributed by atoms with E-state index >= 15 is 0 Å². The highest BCUT2D eigenvalue weighted by Crippen LogP contribution is 2.13. The predicted octanol–water partition coefficient (Wildman–Crippen LogP) is 1.64. The van der Waals surface area contributed by atoms with Crippen LogP contribution in [0.1, 0.15) is 17.3 Å². The first-order chi connectivity index (χ1) is 10.5. The van der Waals surface area contributed by atoms with Crippen LogP contribution in [0.3, 0.4) is 0 Å². The topological polar surface area (TPSA) is 82.3 Å². The fourth-order valence-corrected chi connectivity index (χ4v) is 1.63. The van der Waals surface area contributed by atoms with E-state index in [0.29, 0.717) is 4.73 Å². The molecule has 0 aliphatic rings. The third kappa shape index (κ3) is 3.78. The maximum absolute atomic E-state index is 13.4. The van der Waals surface area contributed by atoms with Gasteiger partial charge in [0.05, 0.1) is 11.3 Å². The number of benzene rings is 1. The lowest BCUT2D eigenvalue weighted by Crippen LogP contribution is -2.31. The minimum atomic E-state index is -1.12. The third-order valence-corrected chi connectivity index (χ3v) is 2.82. The number of carbonyl (C=O) groups excluding carboxylic acids is 2. The Hall–Kier alpha value is -2.96. The summed E-state index contributed by atoms with van der Waals surface area (Å²) < 4.78 is 18.9. The molecule has 1 N–H and O–H groups in total. The Morgan fingerprint density at radius 1 is 1.23 bits per heavy atom. The summed E-state index contributed by atoms with van der Waals surface area (Å²) in [6.07, 6.45) is 1.16. The summed E-state index contributed by atoms with van der Waals surface area (Å²) in [6.45, 7) is 1.37. The zero-order valence-electron chi connectivity index (χ0n) is 11.7. The second-order valence-corrected chi connectivity index (χ2v) is 4.46. The van der Waals surface area contributed by atoms with Crippen LogP contribution in [-0.4, -0.2) is 18.0 Å². The maximum atomic E-state index is 13.4. The Morgan fingerprint density at radius 3 is 2.50 bits per heavy atom. The van der Waals surface area contributed by atoms with Gasteiger partial charge in [0, 0.05) is 12.1 Å². The number of hydrogen-bond donors (Lipinski definition) is 1. The molecule has 0 radical (unpaired) electrons. The Labute approximate surface area is 125 Å². The van der Waals surface area contributed by atoms with Gasteiger partial charge in [-0.2, -0.15) is 4.73 Å². The molecule has 1 heterocycles. The minimum absolute atomic E-state index is 0.00232. The Balaban J connectivity index is 1.98. The van der Waals surface area contributed by atoms with Crippen LogP contribution >= 0.6 is 0 Å². The molecular weight excluding hydrogens is 291 g/mol. The SMILES string of the molecule is C[C@@H](OC(=O)c1cc[n+]([O-])cc1)C(=O)Nc1ccccc1F. The first-order valence-corrected chi connectivity index (χ1v) is 6.42. The predicted molar refractivity (Wildman–Crippen MR) is 75.3 cm³/mol. The second-order valence-electron chi connectivity index (χ2n) is 4.46. The highest BCUT2D eigenvalue weighted by Gasteiger charge is 2.20. The number of amides is 1. The van der Waals surface area contributed by atoms with Crippen molar-refractivity contribution in [2.75, 3.05) is 5.32 Å². The molecule has 7 heteroatoms. The van der Waals surface area contributed by atoms with Gasteiger partial charge >= 0.3 is 5.97 Å². The highest BCUT2D eigenvalue weighted by atomic mass is 19.1. The van der Waals surface area contributed by atoms with Crippen molar-refractivity contribution < 1.29 is 23.4 Å². The minimum Gasteiger partial charge on any atom is -0.619 e. The van der Waals surface area contributed by atoms with Crippen LogP contribution < -0.4 is 10.0 Å². The van der Waals surface area contributed by atoms with E-state index in [1.54, 1.807) is 6.07 Å². The smallest absolute Gasteiger partial charge is 0.339 e. The van der Waals surface area contributed by atoms with Gasteiger partial charge < -0.3 is 15.3 Å². The zero-order valence-corrected chi connectivity index (χ0v) is 11.7. The lowest BCUT2D eigenvalue weighted by atomic mass is 10.2. The lowest BCUT2D eigenvalue weighted by molar-refractivity contribution is -0.605. The molecule has 0 aliphatic heterocycles. The quantitative estimate of drug-likeness (QED) is 0.529. The molecule has 0 saturated carbocycles. The van der Waals surface area contributed by atoms with Crippen LogP contribution in [0.5, 0.6) is 0 Å². The summed E-state index contributed by atoms with van der Waals surface area (Å²) in [4.78, 5) is 23.7. The summed E-state index contributed by atoms with van der Waals surface area (Å²) in [5, 5.41) is 13.2. The summed E-state index contributed by atoms with van der Waals surface area (Å²) in [6, 6.07) is 8.21. The molecule has 0 spiro atoms. The Morgan fingerprint density at radius 2 is 1.86 bits per heavy atom. The van der Waals surface area contributed by atoms with Crippen molar-refractivity contribution in [3.63, 3.8) is 0 Å². The third-order valence-electron chi connectivity index (χ3n) is 2.82. The molecule has 1 aromatic carbocycles. The molecular formula is C15H13FN2O4. The van der Waals surface area contributed by atoms with E-state index in [1.165, 1.54) is 37.3 Å². The normalized spacial score (nSPS) is 11.5. The fourth-order valence-electron chi connectivity index (χ4n) is 1.63. The van der Waals surface area contributed by atoms with Crippen LogP contribution in [0.15, 0.2) is 48.8 Å². The number of carbonyl (C=O) groups is 2. The molecule has 0 bridgehead atoms. The number of hydrogen-bond acceptors (Lipinski definition) is 4. The molecule has 1 atom stereocenters. The van der Waals surface area contributed by atoms with Crippen LogP contribution in [0.4, 0.5) is 10.1 Å². The second kappa shape index (κ2) is 6.66. The Bertz CT molecular complexity index is 688. The standard InChI is InChI=1S/C15H13FN2O4/c1-10(14(19)17-13-5-3-2-4-12(13)16)22-15(20)11-6-8-18(21)9-7-11/h2-10H,1H3,(H,17,19)/t10-/m1/s1. The highest BCUT2D eigenvalue weighted by molar-refractivity contribution is 5.97. The van der Waals surface area contributed by atoms with Crippen LogP contribution in [-0.2, 0) is 9.53 Å². The van der Waals surface area contributed by atoms with Gasteiger partial charge in [0.2, 0.25) is 0 Å². The van der Waals surface area contributed by atoms with Gasteiger partial charge in [-0.3, -0.25) is 4.79 Å². The van der Waals surface area contributed by atoms with Gasteiger partial charge in [-0.05, 0) is 19.1 Å². The van der Waals surface area contributed by atoms with E-state index in [4.69, 9.17) is 4.74 Å². The zero-order chi connectivity index (χ0) is 16.1. The van der Waals surface area contributed by atoms with Crippen molar-refractivity contribution in [1.29, 1.82) is 0 Å². The van der Waals surface area contributed by atoms with Crippen molar-refractivity contribution in [2.24, 2.45) is 0 Å². The number of para-hydroxylation sites is 1. The number of nitrogens with one attached hydrogen (secondary N) is 1. The van der Waals surface area contributed by atoms with E-state index in [-0.39, 0.29) is 11.3 Å². The number of esters is 1. The van der Waals surface area contributed by atoms with Crippen LogP contribution in [0.2, 0.25) is 0 Å². The van der Waals surface area contributed by atoms with Gasteiger partial charge in [-0.15, -0.1) is 0 Å². The van der Waals surface area contributed by atoms with Crippen molar-refractivity contribution in [2.45, 2.75) is 13.0 Å². The van der Waals surface area contributed by atoms with Crippen LogP contribution in [0.25, 0.3) is 0 Å². The molecule has 6 nitrogen and oxygen atoms in total. The molecule has 114 valence electrons. The number of anilines is 1. The average Bonchev–Trinajstić information content (AvgIpc) is 2.50. The molecule has 2 aromatic rings. The number of nitrogens with zero attached hydrogens (tertiary/aromatic N) is 1. The molecule has 2 rings (SSSR count). The summed E-state index contributed by atoms with van der Waals surface area (Å²) in [7, 11) is 0. The van der Waals surface area contributed by atoms with Crippen molar-refractivity contribution in [3.05, 3.63) is 65.4 Å². The van der Waals surface area contributed by atoms with Crippen LogP contribution in [0, 0.1) is 11.0 Å². The molecule has 1 amide bonds. The van der Waals surface area contributed by atoms with Gasteiger partial charge in [-0.25, -0.2) is 9.18 Å². The fraction of sp³-hybridized carbons (Fsp3) is 0.133. The van der Waals surface area contributed by atoms with E-state index in [0.717, 1.165) is 12.4 Å². The Kier molecular flexibility index (Phi) is 4.67. The number of aromatic nitrogens is 1. The summed E-state index contributed by atoms with van der Waals surface area (Å²) >= 11 is 0. The van der Waals surface area contributed by atoms with Gasteiger partial charge in [0.25, 0.3) is 5.91 Å². The monoisotopic (exact) mass is 304 g/mol. The number of pyridine rings is 1. The first kappa shape index (κ1) is 15.4. The van der Waals surface area contributed by atoms with E-state index in [2.05, 4.69) is 5.32 Å². The van der Waals surface area contributed by atoms with E-state index in [1.807, 2.05) is 0 Å². The van der Waals surface area contributed by atoms with Gasteiger partial charge in [-0.1, -0.05) is 12.1 Å². The number of ether oxygens (including phenoxy) is 1. The number of halogens is 1. The summed E-state index contributed by atoms with van der Waals surface area (Å²) in [5.41, 5.74) is 0.139. The largest absolute Gasteiger partial charge is 0.619 e. The first-order valence-electron chi connectivity index (χ1n) is 6.42. The molecule has 0 unspecified atom stereocenters. The lowest BCUT2D eigenvalue weighted by Gasteiger charge is -2.13. The molecule has 0 aliphatic carbocycles. The summed E-state index contributed by atoms with van der Waals surface area (Å²) in [5.74, 6) is -2.00. The van der Waals surface area contributed by atoms with Crippen molar-refractivity contribution in [3.8, 4) is 0 Å². The molecule has 0 fully saturated rings. The van der Waals surface area contributed by atoms with Gasteiger partial charge in [0.1, 0.15) is 5.82 Å². The average molecular weight is 304 g/mol. The van der Waals surface area contributed by atoms with E-state index in [9.17, 15) is 19.2 Å². The number of rotatable bonds is 4. The van der Waals surface area contributed by atoms with Crippen molar-refractivity contribution in [1.82, 2.24) is 0 Å². The van der Waals surface area contributed by atoms with E-state index < -0.39 is 23.8 Å². The molecule has 22 heavy (non-hydrogen) atoms. The van der Waals surface area contributed by atoms with Crippen molar-refractivity contribution >= 4 is 17.6 Å². The maximum Gasteiger partial charge on any atom is 0.339 e. The molecule has 0 saturated heterocycles. The van der Waals surface area contributed by atoms with Gasteiger partial charge in [0.15, 0.2) is 18.5 Å².